The number of amides is 1. The van der Waals surface area contributed by atoms with Crippen LogP contribution in [0.1, 0.15) is 24.2 Å². The summed E-state index contributed by atoms with van der Waals surface area (Å²) in [5.74, 6) is -0.347. The van der Waals surface area contributed by atoms with Crippen LogP contribution in [0.5, 0.6) is 0 Å². The van der Waals surface area contributed by atoms with Crippen LogP contribution >= 0.6 is 0 Å². The van der Waals surface area contributed by atoms with Crippen LogP contribution in [-0.2, 0) is 10.0 Å². The van der Waals surface area contributed by atoms with Crippen LogP contribution in [0.3, 0.4) is 0 Å². The summed E-state index contributed by atoms with van der Waals surface area (Å²) in [6.45, 7) is 5.65. The minimum absolute atomic E-state index is 0.118. The number of hydrogen-bond acceptors (Lipinski definition) is 5. The number of likely N-dealkylation sites (N-methyl/N-ethyl adjacent to an activating group) is 1. The lowest BCUT2D eigenvalue weighted by molar-refractivity contribution is 0.0694. The molecule has 0 atom stereocenters. The van der Waals surface area contributed by atoms with E-state index in [1.807, 2.05) is 7.05 Å². The summed E-state index contributed by atoms with van der Waals surface area (Å²) in [6, 6.07) is 5.88. The number of carbonyl (C=O) groups is 1. The first-order valence-electron chi connectivity index (χ1n) is 7.89. The molecule has 0 aliphatic carbocycles. The van der Waals surface area contributed by atoms with Gasteiger partial charge in [-0.2, -0.15) is 4.31 Å². The number of piperazine rings is 1. The average molecular weight is 355 g/mol. The Morgan fingerprint density at radius 2 is 1.71 bits per heavy atom. The van der Waals surface area contributed by atoms with E-state index in [-0.39, 0.29) is 17.3 Å². The molecule has 0 bridgehead atoms. The lowest BCUT2D eigenvalue weighted by Crippen LogP contribution is -2.47. The maximum atomic E-state index is 12.6. The molecule has 0 saturated carbocycles. The summed E-state index contributed by atoms with van der Waals surface area (Å²) in [4.78, 5) is 14.3. The molecule has 2 N–H and O–H groups in total. The Morgan fingerprint density at radius 1 is 1.17 bits per heavy atom. The van der Waals surface area contributed by atoms with Gasteiger partial charge < -0.3 is 15.3 Å². The largest absolute Gasteiger partial charge is 0.389 e. The average Bonchev–Trinajstić information content (AvgIpc) is 2.52. The summed E-state index contributed by atoms with van der Waals surface area (Å²) in [7, 11) is -1.57. The SMILES string of the molecule is CN1CCN(S(=O)(=O)c2ccc(C(=O)NCC(C)(C)O)cc2)CC1. The summed E-state index contributed by atoms with van der Waals surface area (Å²) in [5.41, 5.74) is -0.642. The van der Waals surface area contributed by atoms with Crippen molar-refractivity contribution >= 4 is 15.9 Å². The second kappa shape index (κ2) is 7.18. The molecule has 0 spiro atoms. The summed E-state index contributed by atoms with van der Waals surface area (Å²) >= 11 is 0. The summed E-state index contributed by atoms with van der Waals surface area (Å²) in [6.07, 6.45) is 0. The highest BCUT2D eigenvalue weighted by atomic mass is 32.2. The highest BCUT2D eigenvalue weighted by molar-refractivity contribution is 7.89. The second-order valence-corrected chi connectivity index (χ2v) is 8.66. The molecule has 1 aromatic rings. The van der Waals surface area contributed by atoms with Gasteiger partial charge in [0.1, 0.15) is 0 Å². The fourth-order valence-electron chi connectivity index (χ4n) is 2.35. The molecule has 1 saturated heterocycles. The Balaban J connectivity index is 2.07. The van der Waals surface area contributed by atoms with Crippen molar-refractivity contribution in [3.8, 4) is 0 Å². The van der Waals surface area contributed by atoms with Crippen LogP contribution in [0.2, 0.25) is 0 Å². The molecule has 1 amide bonds. The number of rotatable bonds is 5. The number of nitrogens with zero attached hydrogens (tertiary/aromatic N) is 2. The molecule has 1 aliphatic heterocycles. The number of sulfonamides is 1. The van der Waals surface area contributed by atoms with Gasteiger partial charge in [-0.25, -0.2) is 8.42 Å². The van der Waals surface area contributed by atoms with Crippen molar-refractivity contribution in [3.05, 3.63) is 29.8 Å². The third-order valence-corrected chi connectivity index (χ3v) is 5.81. The molecule has 1 aromatic carbocycles. The van der Waals surface area contributed by atoms with Gasteiger partial charge in [0.25, 0.3) is 5.91 Å². The highest BCUT2D eigenvalue weighted by Crippen LogP contribution is 2.18. The Bertz CT molecular complexity index is 672. The number of benzene rings is 1. The Hall–Kier alpha value is -1.48. The van der Waals surface area contributed by atoms with Gasteiger partial charge in [0.2, 0.25) is 10.0 Å². The minimum Gasteiger partial charge on any atom is -0.389 e. The molecule has 1 fully saturated rings. The molecule has 1 heterocycles. The van der Waals surface area contributed by atoms with Crippen LogP contribution in [0, 0.1) is 0 Å². The Kier molecular flexibility index (Phi) is 5.64. The van der Waals surface area contributed by atoms with Crippen LogP contribution in [0.25, 0.3) is 0 Å². The first-order valence-corrected chi connectivity index (χ1v) is 9.33. The lowest BCUT2D eigenvalue weighted by atomic mass is 10.1. The zero-order valence-corrected chi connectivity index (χ0v) is 15.1. The minimum atomic E-state index is -3.53. The maximum Gasteiger partial charge on any atom is 0.251 e. The molecule has 0 aromatic heterocycles. The molecule has 0 radical (unpaired) electrons. The standard InChI is InChI=1S/C16H25N3O4S/c1-16(2,21)12-17-15(20)13-4-6-14(7-5-13)24(22,23)19-10-8-18(3)9-11-19/h4-7,21H,8-12H2,1-3H3,(H,17,20). The van der Waals surface area contributed by atoms with Crippen molar-refractivity contribution in [1.82, 2.24) is 14.5 Å². The number of carbonyl (C=O) groups excluding carboxylic acids is 1. The Morgan fingerprint density at radius 3 is 2.21 bits per heavy atom. The fourth-order valence-corrected chi connectivity index (χ4v) is 3.78. The number of hydrogen-bond donors (Lipinski definition) is 2. The van der Waals surface area contributed by atoms with E-state index in [1.165, 1.54) is 28.6 Å². The lowest BCUT2D eigenvalue weighted by Gasteiger charge is -2.31. The summed E-state index contributed by atoms with van der Waals surface area (Å²) < 4.78 is 26.7. The van der Waals surface area contributed by atoms with Gasteiger partial charge in [-0.3, -0.25) is 4.79 Å². The molecular formula is C16H25N3O4S. The normalized spacial score (nSPS) is 17.7. The molecule has 2 rings (SSSR count). The van der Waals surface area contributed by atoms with Gasteiger partial charge in [0.15, 0.2) is 0 Å². The first-order chi connectivity index (χ1) is 11.1. The van der Waals surface area contributed by atoms with Gasteiger partial charge in [-0.15, -0.1) is 0 Å². The van der Waals surface area contributed by atoms with E-state index in [4.69, 9.17) is 0 Å². The van der Waals surface area contributed by atoms with Crippen LogP contribution in [-0.4, -0.2) is 74.0 Å². The maximum absolute atomic E-state index is 12.6. The Labute approximate surface area is 143 Å². The van der Waals surface area contributed by atoms with E-state index in [0.29, 0.717) is 31.7 Å². The number of nitrogens with one attached hydrogen (secondary N) is 1. The predicted molar refractivity (Wildman–Crippen MR) is 91.3 cm³/mol. The number of aliphatic hydroxyl groups is 1. The topological polar surface area (TPSA) is 90.0 Å². The van der Waals surface area contributed by atoms with Crippen molar-refractivity contribution in [2.45, 2.75) is 24.3 Å². The quantitative estimate of drug-likeness (QED) is 0.783. The van der Waals surface area contributed by atoms with Crippen LogP contribution < -0.4 is 5.32 Å². The van der Waals surface area contributed by atoms with E-state index in [1.54, 1.807) is 13.8 Å². The molecule has 134 valence electrons. The van der Waals surface area contributed by atoms with Gasteiger partial charge in [0, 0.05) is 38.3 Å². The van der Waals surface area contributed by atoms with E-state index in [9.17, 15) is 18.3 Å². The van der Waals surface area contributed by atoms with E-state index >= 15 is 0 Å². The molecular weight excluding hydrogens is 330 g/mol. The van der Waals surface area contributed by atoms with Crippen molar-refractivity contribution in [2.75, 3.05) is 39.8 Å². The first kappa shape index (κ1) is 18.9. The van der Waals surface area contributed by atoms with E-state index < -0.39 is 15.6 Å². The fraction of sp³-hybridized carbons (Fsp3) is 0.562. The van der Waals surface area contributed by atoms with E-state index in [0.717, 1.165) is 0 Å². The molecule has 0 unspecified atom stereocenters. The van der Waals surface area contributed by atoms with Gasteiger partial charge in [-0.1, -0.05) is 0 Å². The zero-order valence-electron chi connectivity index (χ0n) is 14.3. The molecule has 7 nitrogen and oxygen atoms in total. The van der Waals surface area contributed by atoms with Crippen LogP contribution in [0.15, 0.2) is 29.2 Å². The van der Waals surface area contributed by atoms with E-state index in [2.05, 4.69) is 10.2 Å². The second-order valence-electron chi connectivity index (χ2n) is 6.73. The van der Waals surface area contributed by atoms with Crippen molar-refractivity contribution < 1.29 is 18.3 Å². The monoisotopic (exact) mass is 355 g/mol. The van der Waals surface area contributed by atoms with Crippen molar-refractivity contribution in [3.63, 3.8) is 0 Å². The van der Waals surface area contributed by atoms with Crippen molar-refractivity contribution in [2.24, 2.45) is 0 Å². The zero-order chi connectivity index (χ0) is 18.0. The third kappa shape index (κ3) is 4.76. The molecule has 8 heteroatoms. The molecule has 1 aliphatic rings. The van der Waals surface area contributed by atoms with Gasteiger partial charge in [-0.05, 0) is 45.2 Å². The third-order valence-electron chi connectivity index (χ3n) is 3.90. The van der Waals surface area contributed by atoms with Gasteiger partial charge >= 0.3 is 0 Å². The van der Waals surface area contributed by atoms with Crippen LogP contribution in [0.4, 0.5) is 0 Å². The molecule has 24 heavy (non-hydrogen) atoms. The predicted octanol–water partition coefficient (Wildman–Crippen LogP) is 0.123. The van der Waals surface area contributed by atoms with Crippen molar-refractivity contribution in [1.29, 1.82) is 0 Å². The van der Waals surface area contributed by atoms with Gasteiger partial charge in [0.05, 0.1) is 10.5 Å². The summed E-state index contributed by atoms with van der Waals surface area (Å²) in [5, 5.41) is 12.2. The smallest absolute Gasteiger partial charge is 0.251 e. The highest BCUT2D eigenvalue weighted by Gasteiger charge is 2.27.